The zero-order valence-corrected chi connectivity index (χ0v) is 12.9. The molecule has 0 aromatic heterocycles. The van der Waals surface area contributed by atoms with Gasteiger partial charge in [-0.25, -0.2) is 0 Å². The summed E-state index contributed by atoms with van der Waals surface area (Å²) >= 11 is 0. The second-order valence-corrected chi connectivity index (χ2v) is 5.56. The molecule has 7 heteroatoms. The smallest absolute Gasteiger partial charge is 0.311 e. The minimum atomic E-state index is -0.504. The second kappa shape index (κ2) is 5.49. The van der Waals surface area contributed by atoms with Crippen molar-refractivity contribution in [2.24, 2.45) is 5.92 Å². The zero-order valence-electron chi connectivity index (χ0n) is 12.9. The van der Waals surface area contributed by atoms with E-state index in [1.54, 1.807) is 19.1 Å². The molecule has 2 aliphatic rings. The average molecular weight is 316 g/mol. The maximum Gasteiger partial charge on any atom is 0.311 e. The van der Waals surface area contributed by atoms with Gasteiger partial charge in [0.05, 0.1) is 23.7 Å². The highest BCUT2D eigenvalue weighted by Crippen LogP contribution is 2.30. The minimum Gasteiger partial charge on any atom is -0.466 e. The van der Waals surface area contributed by atoms with Crippen LogP contribution in [0.1, 0.15) is 34.1 Å². The van der Waals surface area contributed by atoms with Crippen LogP contribution in [-0.2, 0) is 14.3 Å². The third-order valence-electron chi connectivity index (χ3n) is 4.13. The molecular formula is C16H16N2O5. The van der Waals surface area contributed by atoms with E-state index in [1.807, 2.05) is 0 Å². The van der Waals surface area contributed by atoms with E-state index < -0.39 is 11.9 Å². The number of carbonyl (C=O) groups excluding carboxylic acids is 4. The Bertz CT molecular complexity index is 727. The quantitative estimate of drug-likeness (QED) is 0.609. The topological polar surface area (TPSA) is 84.0 Å². The lowest BCUT2D eigenvalue weighted by molar-refractivity contribution is -0.147. The van der Waals surface area contributed by atoms with Gasteiger partial charge in [0.15, 0.2) is 0 Å². The summed E-state index contributed by atoms with van der Waals surface area (Å²) in [4.78, 5) is 50.4. The molecule has 2 heterocycles. The Hall–Kier alpha value is -2.70. The fourth-order valence-electron chi connectivity index (χ4n) is 2.89. The maximum absolute atomic E-state index is 12.2. The summed E-state index contributed by atoms with van der Waals surface area (Å²) in [5.41, 5.74) is 1.12. The van der Waals surface area contributed by atoms with E-state index in [9.17, 15) is 19.2 Å². The predicted octanol–water partition coefficient (Wildman–Crippen LogP) is 0.828. The molecule has 1 unspecified atom stereocenters. The van der Waals surface area contributed by atoms with Crippen LogP contribution in [0.3, 0.4) is 0 Å². The molecule has 1 saturated heterocycles. The third kappa shape index (κ3) is 2.38. The lowest BCUT2D eigenvalue weighted by Gasteiger charge is -2.17. The molecule has 23 heavy (non-hydrogen) atoms. The van der Waals surface area contributed by atoms with Gasteiger partial charge < -0.3 is 9.64 Å². The van der Waals surface area contributed by atoms with E-state index in [0.29, 0.717) is 11.3 Å². The van der Waals surface area contributed by atoms with Gasteiger partial charge in [0.1, 0.15) is 0 Å². The minimum absolute atomic E-state index is 0.0860. The number of ether oxygens (including phenoxy) is 1. The van der Waals surface area contributed by atoms with Crippen LogP contribution in [0.2, 0.25) is 0 Å². The molecular weight excluding hydrogens is 300 g/mol. The molecule has 2 aliphatic heterocycles. The van der Waals surface area contributed by atoms with Gasteiger partial charge in [-0.15, -0.1) is 0 Å². The van der Waals surface area contributed by atoms with Crippen molar-refractivity contribution in [2.45, 2.75) is 13.3 Å². The van der Waals surface area contributed by atoms with Crippen molar-refractivity contribution < 1.29 is 23.9 Å². The van der Waals surface area contributed by atoms with Gasteiger partial charge in [-0.1, -0.05) is 0 Å². The fourth-order valence-corrected chi connectivity index (χ4v) is 2.89. The van der Waals surface area contributed by atoms with Gasteiger partial charge >= 0.3 is 5.97 Å². The lowest BCUT2D eigenvalue weighted by Crippen LogP contribution is -2.26. The SMILES string of the molecule is CCOC(=O)C1CC(=O)N(c2ccc3c(c2)C(=O)N(C)C3=O)C1. The maximum atomic E-state index is 12.2. The number of carbonyl (C=O) groups is 4. The standard InChI is InChI=1S/C16H16N2O5/c1-3-23-16(22)9-6-13(19)18(8-9)10-4-5-11-12(7-10)15(21)17(2)14(11)20/h4-5,7,9H,3,6,8H2,1-2H3. The summed E-state index contributed by atoms with van der Waals surface area (Å²) < 4.78 is 4.95. The number of hydrogen-bond acceptors (Lipinski definition) is 5. The number of imide groups is 1. The van der Waals surface area contributed by atoms with Gasteiger partial charge in [0, 0.05) is 25.7 Å². The predicted molar refractivity (Wildman–Crippen MR) is 80.0 cm³/mol. The van der Waals surface area contributed by atoms with Crippen molar-refractivity contribution in [3.05, 3.63) is 29.3 Å². The molecule has 1 fully saturated rings. The van der Waals surface area contributed by atoms with Crippen LogP contribution in [0.5, 0.6) is 0 Å². The average Bonchev–Trinajstić information content (AvgIpc) is 3.02. The molecule has 3 amide bonds. The number of anilines is 1. The molecule has 120 valence electrons. The Morgan fingerprint density at radius 2 is 1.91 bits per heavy atom. The van der Waals surface area contributed by atoms with Crippen LogP contribution in [0.4, 0.5) is 5.69 Å². The summed E-state index contributed by atoms with van der Waals surface area (Å²) in [6, 6.07) is 4.69. The Kier molecular flexibility index (Phi) is 3.63. The summed E-state index contributed by atoms with van der Waals surface area (Å²) in [6.07, 6.45) is 0.0860. The van der Waals surface area contributed by atoms with Crippen LogP contribution in [0.15, 0.2) is 18.2 Å². The number of amides is 3. The van der Waals surface area contributed by atoms with E-state index in [-0.39, 0.29) is 42.9 Å². The van der Waals surface area contributed by atoms with Crippen LogP contribution >= 0.6 is 0 Å². The Labute approximate surface area is 132 Å². The normalized spacial score (nSPS) is 20.3. The number of rotatable bonds is 3. The first-order valence-electron chi connectivity index (χ1n) is 7.37. The lowest BCUT2D eigenvalue weighted by atomic mass is 10.1. The van der Waals surface area contributed by atoms with E-state index in [2.05, 4.69) is 0 Å². The van der Waals surface area contributed by atoms with E-state index in [4.69, 9.17) is 4.74 Å². The van der Waals surface area contributed by atoms with Crippen LogP contribution in [-0.4, -0.2) is 48.8 Å². The van der Waals surface area contributed by atoms with Crippen molar-refractivity contribution in [3.63, 3.8) is 0 Å². The summed E-state index contributed by atoms with van der Waals surface area (Å²) in [5, 5.41) is 0. The van der Waals surface area contributed by atoms with Crippen molar-refractivity contribution in [1.82, 2.24) is 4.90 Å². The highest BCUT2D eigenvalue weighted by Gasteiger charge is 2.38. The number of esters is 1. The van der Waals surface area contributed by atoms with Crippen molar-refractivity contribution in [3.8, 4) is 0 Å². The second-order valence-electron chi connectivity index (χ2n) is 5.56. The Balaban J connectivity index is 1.87. The zero-order chi connectivity index (χ0) is 16.7. The molecule has 7 nitrogen and oxygen atoms in total. The highest BCUT2D eigenvalue weighted by atomic mass is 16.5. The van der Waals surface area contributed by atoms with Crippen LogP contribution in [0.25, 0.3) is 0 Å². The monoisotopic (exact) mass is 316 g/mol. The number of hydrogen-bond donors (Lipinski definition) is 0. The van der Waals surface area contributed by atoms with Gasteiger partial charge in [-0.2, -0.15) is 0 Å². The molecule has 1 aromatic carbocycles. The highest BCUT2D eigenvalue weighted by molar-refractivity contribution is 6.21. The van der Waals surface area contributed by atoms with Crippen LogP contribution < -0.4 is 4.90 Å². The van der Waals surface area contributed by atoms with Gasteiger partial charge in [-0.3, -0.25) is 24.1 Å². The summed E-state index contributed by atoms with van der Waals surface area (Å²) in [7, 11) is 1.42. The molecule has 0 aliphatic carbocycles. The molecule has 0 spiro atoms. The van der Waals surface area contributed by atoms with Gasteiger partial charge in [0.25, 0.3) is 11.8 Å². The van der Waals surface area contributed by atoms with Crippen molar-refractivity contribution in [2.75, 3.05) is 25.1 Å². The molecule has 3 rings (SSSR count). The van der Waals surface area contributed by atoms with E-state index in [0.717, 1.165) is 4.90 Å². The number of benzene rings is 1. The largest absolute Gasteiger partial charge is 0.466 e. The summed E-state index contributed by atoms with van der Waals surface area (Å²) in [6.45, 7) is 2.20. The van der Waals surface area contributed by atoms with Gasteiger partial charge in [0.2, 0.25) is 5.91 Å². The van der Waals surface area contributed by atoms with E-state index in [1.165, 1.54) is 18.0 Å². The Morgan fingerprint density at radius 1 is 1.22 bits per heavy atom. The molecule has 0 N–H and O–H groups in total. The first kappa shape index (κ1) is 15.2. The first-order chi connectivity index (χ1) is 10.9. The molecule has 1 atom stereocenters. The molecule has 0 saturated carbocycles. The van der Waals surface area contributed by atoms with Crippen LogP contribution in [0, 0.1) is 5.92 Å². The van der Waals surface area contributed by atoms with Crippen molar-refractivity contribution >= 4 is 29.4 Å². The fraction of sp³-hybridized carbons (Fsp3) is 0.375. The molecule has 0 radical (unpaired) electrons. The van der Waals surface area contributed by atoms with Crippen molar-refractivity contribution in [1.29, 1.82) is 0 Å². The Morgan fingerprint density at radius 3 is 2.61 bits per heavy atom. The molecule has 0 bridgehead atoms. The molecule has 1 aromatic rings. The first-order valence-corrected chi connectivity index (χ1v) is 7.37. The third-order valence-corrected chi connectivity index (χ3v) is 4.13. The van der Waals surface area contributed by atoms with E-state index >= 15 is 0 Å². The van der Waals surface area contributed by atoms with Gasteiger partial charge in [-0.05, 0) is 25.1 Å². The number of fused-ring (bicyclic) bond motifs is 1. The number of nitrogens with zero attached hydrogens (tertiary/aromatic N) is 2. The summed E-state index contributed by atoms with van der Waals surface area (Å²) in [5.74, 6) is -1.84.